The van der Waals surface area contributed by atoms with Gasteiger partial charge in [-0.2, -0.15) is 0 Å². The van der Waals surface area contributed by atoms with Crippen LogP contribution >= 0.6 is 0 Å². The van der Waals surface area contributed by atoms with Crippen molar-refractivity contribution in [1.29, 1.82) is 0 Å². The van der Waals surface area contributed by atoms with Crippen LogP contribution in [-0.2, 0) is 6.54 Å². The molecular formula is C23H29N5. The van der Waals surface area contributed by atoms with Gasteiger partial charge in [0.2, 0.25) is 0 Å². The first-order valence-corrected chi connectivity index (χ1v) is 10.1. The molecule has 3 aromatic rings. The van der Waals surface area contributed by atoms with Crippen molar-refractivity contribution in [1.82, 2.24) is 15.6 Å². The van der Waals surface area contributed by atoms with Gasteiger partial charge in [-0.15, -0.1) is 0 Å². The van der Waals surface area contributed by atoms with Crippen LogP contribution in [0.1, 0.15) is 37.1 Å². The Kier molecular flexibility index (Phi) is 5.51. The zero-order valence-electron chi connectivity index (χ0n) is 16.7. The molecule has 0 saturated carbocycles. The van der Waals surface area contributed by atoms with Crippen molar-refractivity contribution >= 4 is 22.5 Å². The Bertz CT molecular complexity index is 919. The summed E-state index contributed by atoms with van der Waals surface area (Å²) < 4.78 is 0. The molecule has 1 aliphatic heterocycles. The second kappa shape index (κ2) is 8.38. The number of aromatic amines is 1. The molecule has 0 radical (unpaired) electrons. The zero-order valence-corrected chi connectivity index (χ0v) is 16.7. The maximum absolute atomic E-state index is 4.39. The van der Waals surface area contributed by atoms with E-state index in [-0.39, 0.29) is 6.04 Å². The van der Waals surface area contributed by atoms with Crippen LogP contribution in [0.25, 0.3) is 10.9 Å². The van der Waals surface area contributed by atoms with Crippen molar-refractivity contribution in [2.75, 3.05) is 25.0 Å². The van der Waals surface area contributed by atoms with E-state index in [1.165, 1.54) is 42.6 Å². The highest BCUT2D eigenvalue weighted by Crippen LogP contribution is 2.24. The van der Waals surface area contributed by atoms with Gasteiger partial charge in [0.05, 0.1) is 12.6 Å². The highest BCUT2D eigenvalue weighted by molar-refractivity contribution is 5.82. The Morgan fingerprint density at radius 2 is 1.93 bits per heavy atom. The predicted octanol–water partition coefficient (Wildman–Crippen LogP) is 4.19. The van der Waals surface area contributed by atoms with Gasteiger partial charge in [0.25, 0.3) is 0 Å². The number of H-pyrrole nitrogens is 1. The molecule has 4 rings (SSSR count). The number of nitrogens with one attached hydrogen (secondary N) is 3. The Balaban J connectivity index is 1.38. The third kappa shape index (κ3) is 4.14. The summed E-state index contributed by atoms with van der Waals surface area (Å²) in [6.07, 6.45) is 2.59. The van der Waals surface area contributed by atoms with Crippen LogP contribution in [0.15, 0.2) is 59.6 Å². The average Bonchev–Trinajstić information content (AvgIpc) is 3.40. The summed E-state index contributed by atoms with van der Waals surface area (Å²) in [5.74, 6) is 0.803. The first kappa shape index (κ1) is 18.4. The van der Waals surface area contributed by atoms with Gasteiger partial charge < -0.3 is 20.5 Å². The minimum absolute atomic E-state index is 0.177. The Hall–Kier alpha value is -2.95. The number of guanidine groups is 1. The number of aromatic nitrogens is 1. The lowest BCUT2D eigenvalue weighted by atomic mass is 10.1. The third-order valence-corrected chi connectivity index (χ3v) is 5.45. The Morgan fingerprint density at radius 1 is 1.11 bits per heavy atom. The summed E-state index contributed by atoms with van der Waals surface area (Å²) in [4.78, 5) is 10.3. The van der Waals surface area contributed by atoms with Gasteiger partial charge in [-0.25, -0.2) is 0 Å². The minimum Gasteiger partial charge on any atom is -0.372 e. The van der Waals surface area contributed by atoms with Crippen LogP contribution in [-0.4, -0.2) is 31.1 Å². The van der Waals surface area contributed by atoms with Crippen LogP contribution in [0.2, 0.25) is 0 Å². The molecule has 0 bridgehead atoms. The summed E-state index contributed by atoms with van der Waals surface area (Å²) in [7, 11) is 1.81. The smallest absolute Gasteiger partial charge is 0.191 e. The van der Waals surface area contributed by atoms with Crippen LogP contribution < -0.4 is 15.5 Å². The topological polar surface area (TPSA) is 55.5 Å². The monoisotopic (exact) mass is 375 g/mol. The molecule has 1 saturated heterocycles. The molecule has 2 heterocycles. The fraction of sp³-hybridized carbons (Fsp3) is 0.348. The SMILES string of the molecule is CN=C(NCc1cc2ccccc2[nH]1)NC(C)c1cccc(N2CCCC2)c1. The lowest BCUT2D eigenvalue weighted by Gasteiger charge is -2.22. The largest absolute Gasteiger partial charge is 0.372 e. The lowest BCUT2D eigenvalue weighted by molar-refractivity contribution is 0.683. The van der Waals surface area contributed by atoms with Crippen molar-refractivity contribution in [3.05, 3.63) is 65.9 Å². The zero-order chi connectivity index (χ0) is 19.3. The van der Waals surface area contributed by atoms with E-state index in [0.717, 1.165) is 17.2 Å². The average molecular weight is 376 g/mol. The van der Waals surface area contributed by atoms with Gasteiger partial charge in [0.1, 0.15) is 0 Å². The number of hydrogen-bond donors (Lipinski definition) is 3. The van der Waals surface area contributed by atoms with E-state index in [9.17, 15) is 0 Å². The number of aliphatic imine (C=N–C) groups is 1. The lowest BCUT2D eigenvalue weighted by Crippen LogP contribution is -2.38. The molecule has 0 spiro atoms. The van der Waals surface area contributed by atoms with E-state index in [1.807, 2.05) is 7.05 Å². The number of para-hydroxylation sites is 1. The molecule has 28 heavy (non-hydrogen) atoms. The summed E-state index contributed by atoms with van der Waals surface area (Å²) >= 11 is 0. The van der Waals surface area contributed by atoms with E-state index >= 15 is 0 Å². The summed E-state index contributed by atoms with van der Waals surface area (Å²) in [5, 5.41) is 8.16. The molecule has 2 aromatic carbocycles. The molecule has 1 atom stereocenters. The van der Waals surface area contributed by atoms with Gasteiger partial charge in [-0.05, 0) is 55.0 Å². The van der Waals surface area contributed by atoms with Crippen LogP contribution in [0.5, 0.6) is 0 Å². The normalized spacial score (nSPS) is 15.8. The molecule has 0 amide bonds. The number of nitrogens with zero attached hydrogens (tertiary/aromatic N) is 2. The summed E-state index contributed by atoms with van der Waals surface area (Å²) in [6, 6.07) is 19.5. The van der Waals surface area contributed by atoms with Gasteiger partial charge in [-0.3, -0.25) is 4.99 Å². The third-order valence-electron chi connectivity index (χ3n) is 5.45. The maximum Gasteiger partial charge on any atom is 0.191 e. The van der Waals surface area contributed by atoms with E-state index in [1.54, 1.807) is 0 Å². The van der Waals surface area contributed by atoms with Crippen LogP contribution in [0.3, 0.4) is 0 Å². The second-order valence-electron chi connectivity index (χ2n) is 7.46. The molecule has 5 heteroatoms. The van der Waals surface area contributed by atoms with Gasteiger partial charge in [0.15, 0.2) is 5.96 Å². The van der Waals surface area contributed by atoms with Crippen molar-refractivity contribution < 1.29 is 0 Å². The Labute approximate surface area is 166 Å². The fourth-order valence-electron chi connectivity index (χ4n) is 3.86. The van der Waals surface area contributed by atoms with E-state index in [4.69, 9.17) is 0 Å². The quantitative estimate of drug-likeness (QED) is 0.463. The summed E-state index contributed by atoms with van der Waals surface area (Å²) in [5.41, 5.74) is 4.91. The molecule has 146 valence electrons. The number of benzene rings is 2. The van der Waals surface area contributed by atoms with Crippen LogP contribution in [0.4, 0.5) is 5.69 Å². The van der Waals surface area contributed by atoms with Crippen molar-refractivity contribution in [3.8, 4) is 0 Å². The van der Waals surface area contributed by atoms with Crippen molar-refractivity contribution in [2.24, 2.45) is 4.99 Å². The second-order valence-corrected chi connectivity index (χ2v) is 7.46. The van der Waals surface area contributed by atoms with Crippen LogP contribution in [0, 0.1) is 0 Å². The van der Waals surface area contributed by atoms with Crippen molar-refractivity contribution in [3.63, 3.8) is 0 Å². The molecule has 1 aliphatic rings. The first-order valence-electron chi connectivity index (χ1n) is 10.1. The molecule has 5 nitrogen and oxygen atoms in total. The molecule has 3 N–H and O–H groups in total. The van der Waals surface area contributed by atoms with E-state index in [2.05, 4.69) is 87.0 Å². The molecule has 1 aromatic heterocycles. The number of fused-ring (bicyclic) bond motifs is 1. The predicted molar refractivity (Wildman–Crippen MR) is 118 cm³/mol. The van der Waals surface area contributed by atoms with Gasteiger partial charge >= 0.3 is 0 Å². The van der Waals surface area contributed by atoms with Gasteiger partial charge in [-0.1, -0.05) is 30.3 Å². The minimum atomic E-state index is 0.177. The number of anilines is 1. The highest BCUT2D eigenvalue weighted by Gasteiger charge is 2.14. The highest BCUT2D eigenvalue weighted by atomic mass is 15.2. The standard InChI is InChI=1S/C23H29N5/c1-17(18-9-7-10-21(15-18)28-12-5-6-13-28)26-23(24-2)25-16-20-14-19-8-3-4-11-22(19)27-20/h3-4,7-11,14-15,17,27H,5-6,12-13,16H2,1-2H3,(H2,24,25,26). The summed E-state index contributed by atoms with van der Waals surface area (Å²) in [6.45, 7) is 5.21. The molecule has 0 aliphatic carbocycles. The number of hydrogen-bond acceptors (Lipinski definition) is 2. The first-order chi connectivity index (χ1) is 13.7. The number of rotatable bonds is 5. The molecule has 1 fully saturated rings. The van der Waals surface area contributed by atoms with E-state index < -0.39 is 0 Å². The molecule has 1 unspecified atom stereocenters. The fourth-order valence-corrected chi connectivity index (χ4v) is 3.86. The Morgan fingerprint density at radius 3 is 2.71 bits per heavy atom. The molecular weight excluding hydrogens is 346 g/mol. The van der Waals surface area contributed by atoms with Crippen molar-refractivity contribution in [2.45, 2.75) is 32.4 Å². The van der Waals surface area contributed by atoms with E-state index in [0.29, 0.717) is 6.54 Å². The van der Waals surface area contributed by atoms with Gasteiger partial charge in [0, 0.05) is 37.0 Å². The maximum atomic E-state index is 4.39.